The molecule has 0 atom stereocenters. The minimum Gasteiger partial charge on any atom is -0.462 e. The summed E-state index contributed by atoms with van der Waals surface area (Å²) in [5, 5.41) is 2.10. The minimum absolute atomic E-state index is 0.135. The molecule has 152 valence electrons. The number of hydrogen-bond donors (Lipinski definition) is 0. The fourth-order valence-corrected chi connectivity index (χ4v) is 4.53. The van der Waals surface area contributed by atoms with Crippen molar-refractivity contribution in [3.05, 3.63) is 69.8 Å². The fraction of sp³-hybridized carbons (Fsp3) is 0.174. The predicted octanol–water partition coefficient (Wildman–Crippen LogP) is 4.60. The van der Waals surface area contributed by atoms with Crippen LogP contribution in [0.5, 0.6) is 0 Å². The smallest absolute Gasteiger partial charge is 0.350 e. The first-order valence-electron chi connectivity index (χ1n) is 9.56. The highest BCUT2D eigenvalue weighted by molar-refractivity contribution is 7.21. The van der Waals surface area contributed by atoms with Gasteiger partial charge in [-0.2, -0.15) is 0 Å². The second-order valence-corrected chi connectivity index (χ2v) is 7.91. The van der Waals surface area contributed by atoms with E-state index in [1.165, 1.54) is 11.3 Å². The summed E-state index contributed by atoms with van der Waals surface area (Å²) in [7, 11) is 3.72. The highest BCUT2D eigenvalue weighted by Crippen LogP contribution is 2.42. The number of pyridine rings is 1. The number of para-hydroxylation sites is 1. The molecule has 2 heterocycles. The Bertz CT molecular complexity index is 1320. The molecule has 6 nitrogen and oxygen atoms in total. The Labute approximate surface area is 177 Å². The van der Waals surface area contributed by atoms with Gasteiger partial charge in [0.25, 0.3) is 5.56 Å². The highest BCUT2D eigenvalue weighted by Gasteiger charge is 2.25. The Balaban J connectivity index is 2.20. The lowest BCUT2D eigenvalue weighted by atomic mass is 10.1. The highest BCUT2D eigenvalue weighted by atomic mass is 32.1. The number of carbonyl (C=O) groups is 1. The number of fused-ring (bicyclic) bond motifs is 3. The van der Waals surface area contributed by atoms with Gasteiger partial charge in [0, 0.05) is 24.9 Å². The Morgan fingerprint density at radius 2 is 1.77 bits per heavy atom. The van der Waals surface area contributed by atoms with Crippen molar-refractivity contribution in [3.8, 4) is 5.69 Å². The molecule has 0 bridgehead atoms. The molecule has 0 N–H and O–H groups in total. The number of carbonyl (C=O) groups excluding carboxylic acids is 1. The third-order valence-corrected chi connectivity index (χ3v) is 5.73. The van der Waals surface area contributed by atoms with Gasteiger partial charge < -0.3 is 9.64 Å². The zero-order valence-electron chi connectivity index (χ0n) is 17.0. The monoisotopic (exact) mass is 419 g/mol. The average Bonchev–Trinajstić information content (AvgIpc) is 3.13. The lowest BCUT2D eigenvalue weighted by molar-refractivity contribution is 0.0533. The Morgan fingerprint density at radius 3 is 2.43 bits per heavy atom. The van der Waals surface area contributed by atoms with Gasteiger partial charge in [-0.3, -0.25) is 9.36 Å². The van der Waals surface area contributed by atoms with Crippen LogP contribution in [0.4, 0.5) is 5.69 Å². The summed E-state index contributed by atoms with van der Waals surface area (Å²) in [6.45, 7) is 2.03. The van der Waals surface area contributed by atoms with Gasteiger partial charge in [-0.25, -0.2) is 9.79 Å². The molecule has 0 fully saturated rings. The van der Waals surface area contributed by atoms with Crippen LogP contribution in [-0.2, 0) is 4.74 Å². The molecule has 4 rings (SSSR count). The summed E-state index contributed by atoms with van der Waals surface area (Å²) in [5.41, 5.74) is 1.12. The van der Waals surface area contributed by atoms with Crippen molar-refractivity contribution in [1.82, 2.24) is 9.47 Å². The third kappa shape index (κ3) is 3.37. The largest absolute Gasteiger partial charge is 0.462 e. The van der Waals surface area contributed by atoms with E-state index in [-0.39, 0.29) is 12.2 Å². The summed E-state index contributed by atoms with van der Waals surface area (Å²) in [4.78, 5) is 33.6. The minimum atomic E-state index is -0.444. The average molecular weight is 420 g/mol. The molecule has 7 heteroatoms. The van der Waals surface area contributed by atoms with E-state index in [0.717, 1.165) is 16.5 Å². The molecule has 0 spiro atoms. The third-order valence-electron chi connectivity index (χ3n) is 4.59. The number of thiophene rings is 1. The molecule has 30 heavy (non-hydrogen) atoms. The number of aromatic nitrogens is 1. The van der Waals surface area contributed by atoms with E-state index in [2.05, 4.69) is 4.99 Å². The molecule has 0 radical (unpaired) electrons. The fourth-order valence-electron chi connectivity index (χ4n) is 3.35. The zero-order chi connectivity index (χ0) is 21.3. The van der Waals surface area contributed by atoms with Gasteiger partial charge in [0.15, 0.2) is 0 Å². The van der Waals surface area contributed by atoms with Crippen LogP contribution in [-0.4, -0.2) is 42.5 Å². The molecule has 2 aromatic heterocycles. The topological polar surface area (TPSA) is 63.9 Å². The first-order chi connectivity index (χ1) is 14.5. The van der Waals surface area contributed by atoms with Crippen LogP contribution in [0.1, 0.15) is 16.6 Å². The molecular formula is C23H21N3O3S. The molecule has 0 saturated carbocycles. The van der Waals surface area contributed by atoms with Crippen molar-refractivity contribution in [2.45, 2.75) is 6.92 Å². The van der Waals surface area contributed by atoms with E-state index < -0.39 is 5.97 Å². The Kier molecular flexibility index (Phi) is 5.37. The molecule has 0 unspecified atom stereocenters. The molecule has 0 aliphatic heterocycles. The van der Waals surface area contributed by atoms with Gasteiger partial charge >= 0.3 is 5.97 Å². The van der Waals surface area contributed by atoms with E-state index >= 15 is 0 Å². The van der Waals surface area contributed by atoms with Gasteiger partial charge in [0.05, 0.1) is 18.6 Å². The van der Waals surface area contributed by atoms with Crippen molar-refractivity contribution in [1.29, 1.82) is 0 Å². The number of aliphatic imine (C=N–C) groups is 1. The van der Waals surface area contributed by atoms with Gasteiger partial charge in [-0.1, -0.05) is 36.4 Å². The lowest BCUT2D eigenvalue weighted by Crippen LogP contribution is -2.18. The van der Waals surface area contributed by atoms with Gasteiger partial charge in [0.1, 0.15) is 15.4 Å². The summed E-state index contributed by atoms with van der Waals surface area (Å²) in [5.74, 6) is -0.444. The van der Waals surface area contributed by atoms with Crippen LogP contribution < -0.4 is 5.56 Å². The van der Waals surface area contributed by atoms with Gasteiger partial charge in [-0.05, 0) is 30.5 Å². The number of benzene rings is 2. The second-order valence-electron chi connectivity index (χ2n) is 6.91. The molecule has 0 aliphatic rings. The lowest BCUT2D eigenvalue weighted by Gasteiger charge is -2.10. The summed E-state index contributed by atoms with van der Waals surface area (Å²) in [6, 6.07) is 16.8. The number of esters is 1. The van der Waals surface area contributed by atoms with Crippen LogP contribution >= 0.6 is 11.3 Å². The van der Waals surface area contributed by atoms with Crippen LogP contribution in [0, 0.1) is 0 Å². The summed E-state index contributed by atoms with van der Waals surface area (Å²) < 4.78 is 6.94. The maximum absolute atomic E-state index is 13.4. The molecular weight excluding hydrogens is 398 g/mol. The van der Waals surface area contributed by atoms with Gasteiger partial charge in [0.2, 0.25) is 0 Å². The first kappa shape index (κ1) is 19.8. The maximum atomic E-state index is 13.4. The van der Waals surface area contributed by atoms with E-state index in [0.29, 0.717) is 20.8 Å². The quantitative estimate of drug-likeness (QED) is 0.269. The van der Waals surface area contributed by atoms with Crippen LogP contribution in [0.3, 0.4) is 0 Å². The molecule has 0 aliphatic carbocycles. The van der Waals surface area contributed by atoms with Crippen LogP contribution in [0.2, 0.25) is 0 Å². The summed E-state index contributed by atoms with van der Waals surface area (Å²) >= 11 is 1.23. The maximum Gasteiger partial charge on any atom is 0.350 e. The van der Waals surface area contributed by atoms with E-state index in [4.69, 9.17) is 4.74 Å². The summed E-state index contributed by atoms with van der Waals surface area (Å²) in [6.07, 6.45) is 1.65. The van der Waals surface area contributed by atoms with E-state index in [1.54, 1.807) is 28.8 Å². The molecule has 2 aromatic carbocycles. The van der Waals surface area contributed by atoms with E-state index in [1.807, 2.05) is 62.6 Å². The van der Waals surface area contributed by atoms with E-state index in [9.17, 15) is 9.59 Å². The predicted molar refractivity (Wildman–Crippen MR) is 123 cm³/mol. The zero-order valence-corrected chi connectivity index (χ0v) is 17.8. The van der Waals surface area contributed by atoms with Crippen molar-refractivity contribution in [3.63, 3.8) is 0 Å². The van der Waals surface area contributed by atoms with Crippen molar-refractivity contribution < 1.29 is 9.53 Å². The molecule has 0 saturated heterocycles. The molecule has 4 aromatic rings. The van der Waals surface area contributed by atoms with Crippen LogP contribution in [0.25, 0.3) is 26.7 Å². The Hall–Kier alpha value is -3.45. The second kappa shape index (κ2) is 8.12. The normalized spacial score (nSPS) is 11.4. The number of ether oxygens (including phenoxy) is 1. The number of nitrogens with zero attached hydrogens (tertiary/aromatic N) is 3. The first-order valence-corrected chi connectivity index (χ1v) is 10.4. The Morgan fingerprint density at radius 1 is 1.10 bits per heavy atom. The van der Waals surface area contributed by atoms with Crippen molar-refractivity contribution in [2.24, 2.45) is 4.99 Å². The number of rotatable bonds is 5. The number of hydrogen-bond acceptors (Lipinski definition) is 5. The van der Waals surface area contributed by atoms with Crippen molar-refractivity contribution >= 4 is 50.3 Å². The SMILES string of the molecule is CCOC(=O)c1sc2c(c1N=CN(C)C)c1ccccc1c(=O)n2-c1ccccc1. The van der Waals surface area contributed by atoms with Crippen molar-refractivity contribution in [2.75, 3.05) is 20.7 Å². The molecule has 0 amide bonds. The standard InChI is InChI=1S/C23H21N3O3S/c1-4-29-23(28)20-19(24-14-25(2)3)18-16-12-8-9-13-17(16)21(27)26(22(18)30-20)15-10-6-5-7-11-15/h5-14H,4H2,1-3H3. The van der Waals surface area contributed by atoms with Crippen LogP contribution in [0.15, 0.2) is 64.4 Å². The van der Waals surface area contributed by atoms with Gasteiger partial charge in [-0.15, -0.1) is 11.3 Å².